The second-order valence-electron chi connectivity index (χ2n) is 4.38. The van der Waals surface area contributed by atoms with Crippen LogP contribution in [0.2, 0.25) is 5.02 Å². The van der Waals surface area contributed by atoms with Gasteiger partial charge in [0.2, 0.25) is 0 Å². The Hall–Kier alpha value is -2.27. The first-order valence-corrected chi connectivity index (χ1v) is 6.58. The van der Waals surface area contributed by atoms with Crippen LogP contribution in [0.1, 0.15) is 15.9 Å². The van der Waals surface area contributed by atoms with E-state index in [-0.39, 0.29) is 18.0 Å². The van der Waals surface area contributed by atoms with Crippen LogP contribution in [-0.2, 0) is 6.42 Å². The van der Waals surface area contributed by atoms with Crippen LogP contribution in [0.15, 0.2) is 30.5 Å². The number of benzene rings is 1. The van der Waals surface area contributed by atoms with Crippen molar-refractivity contribution in [1.82, 2.24) is 4.98 Å². The van der Waals surface area contributed by atoms with Crippen LogP contribution in [0.25, 0.3) is 0 Å². The van der Waals surface area contributed by atoms with Gasteiger partial charge in [0, 0.05) is 12.6 Å². The quantitative estimate of drug-likeness (QED) is 0.860. The highest BCUT2D eigenvalue weighted by Crippen LogP contribution is 2.28. The standard InChI is InChI=1S/C15H15ClN2O3/c1-20-13-4-3-9(6-14(13)21-2)5-12(19)11-7-10(16)8-18-15(11)17/h3-4,6-8H,5H2,1-2H3,(H2,17,18). The smallest absolute Gasteiger partial charge is 0.170 e. The van der Waals surface area contributed by atoms with E-state index in [2.05, 4.69) is 4.98 Å². The van der Waals surface area contributed by atoms with Gasteiger partial charge >= 0.3 is 0 Å². The fraction of sp³-hybridized carbons (Fsp3) is 0.200. The van der Waals surface area contributed by atoms with Crippen LogP contribution in [0.3, 0.4) is 0 Å². The molecule has 0 spiro atoms. The molecule has 0 radical (unpaired) electrons. The van der Waals surface area contributed by atoms with Gasteiger partial charge in [-0.05, 0) is 23.8 Å². The van der Waals surface area contributed by atoms with Gasteiger partial charge in [-0.15, -0.1) is 0 Å². The van der Waals surface area contributed by atoms with Crippen molar-refractivity contribution in [2.45, 2.75) is 6.42 Å². The summed E-state index contributed by atoms with van der Waals surface area (Å²) >= 11 is 5.84. The van der Waals surface area contributed by atoms with Crippen molar-refractivity contribution >= 4 is 23.2 Å². The van der Waals surface area contributed by atoms with Gasteiger partial charge in [0.1, 0.15) is 5.82 Å². The average molecular weight is 307 g/mol. The summed E-state index contributed by atoms with van der Waals surface area (Å²) in [6.45, 7) is 0. The van der Waals surface area contributed by atoms with E-state index in [1.54, 1.807) is 32.4 Å². The second kappa shape index (κ2) is 6.45. The van der Waals surface area contributed by atoms with Crippen molar-refractivity contribution in [2.75, 3.05) is 20.0 Å². The van der Waals surface area contributed by atoms with E-state index >= 15 is 0 Å². The van der Waals surface area contributed by atoms with Gasteiger partial charge in [0.25, 0.3) is 0 Å². The minimum Gasteiger partial charge on any atom is -0.493 e. The van der Waals surface area contributed by atoms with E-state index in [1.807, 2.05) is 0 Å². The number of ether oxygens (including phenoxy) is 2. The molecule has 21 heavy (non-hydrogen) atoms. The molecule has 1 aromatic heterocycles. The molecule has 110 valence electrons. The van der Waals surface area contributed by atoms with Crippen LogP contribution in [-0.4, -0.2) is 25.0 Å². The van der Waals surface area contributed by atoms with E-state index in [4.69, 9.17) is 26.8 Å². The molecule has 1 aromatic carbocycles. The highest BCUT2D eigenvalue weighted by Gasteiger charge is 2.14. The Balaban J connectivity index is 2.25. The number of halogens is 1. The fourth-order valence-corrected chi connectivity index (χ4v) is 2.10. The van der Waals surface area contributed by atoms with Gasteiger partial charge in [-0.3, -0.25) is 4.79 Å². The molecule has 0 amide bonds. The normalized spacial score (nSPS) is 10.2. The summed E-state index contributed by atoms with van der Waals surface area (Å²) in [5.74, 6) is 1.19. The maximum Gasteiger partial charge on any atom is 0.170 e. The number of pyridine rings is 1. The van der Waals surface area contributed by atoms with Gasteiger partial charge in [0.05, 0.1) is 24.8 Å². The predicted molar refractivity (Wildman–Crippen MR) is 81.2 cm³/mol. The number of aromatic nitrogens is 1. The molecule has 1 heterocycles. The third-order valence-electron chi connectivity index (χ3n) is 3.00. The lowest BCUT2D eigenvalue weighted by atomic mass is 10.0. The molecule has 0 unspecified atom stereocenters. The van der Waals surface area contributed by atoms with E-state index in [0.717, 1.165) is 5.56 Å². The van der Waals surface area contributed by atoms with E-state index in [9.17, 15) is 4.79 Å². The Bertz CT molecular complexity index is 674. The Kier molecular flexibility index (Phi) is 4.65. The number of Topliss-reactive ketones (excluding diaryl/α,β-unsaturated/α-hetero) is 1. The molecule has 0 bridgehead atoms. The number of nitrogens with two attached hydrogens (primary N) is 1. The summed E-state index contributed by atoms with van der Waals surface area (Å²) in [7, 11) is 3.10. The van der Waals surface area contributed by atoms with Crippen LogP contribution in [0.4, 0.5) is 5.82 Å². The molecule has 0 saturated carbocycles. The first-order chi connectivity index (χ1) is 10.0. The Morgan fingerprint density at radius 1 is 1.24 bits per heavy atom. The lowest BCUT2D eigenvalue weighted by Crippen LogP contribution is -2.08. The van der Waals surface area contributed by atoms with Crippen LogP contribution < -0.4 is 15.2 Å². The number of rotatable bonds is 5. The summed E-state index contributed by atoms with van der Waals surface area (Å²) in [4.78, 5) is 16.2. The minimum atomic E-state index is -0.158. The van der Waals surface area contributed by atoms with Crippen LogP contribution >= 0.6 is 11.6 Å². The third kappa shape index (κ3) is 3.44. The second-order valence-corrected chi connectivity index (χ2v) is 4.81. The molecule has 0 atom stereocenters. The molecule has 6 heteroatoms. The maximum atomic E-state index is 12.3. The first-order valence-electron chi connectivity index (χ1n) is 6.20. The summed E-state index contributed by atoms with van der Waals surface area (Å²) in [6, 6.07) is 6.83. The van der Waals surface area contributed by atoms with E-state index in [1.165, 1.54) is 12.3 Å². The molecule has 2 rings (SSSR count). The Morgan fingerprint density at radius 2 is 1.95 bits per heavy atom. The highest BCUT2D eigenvalue weighted by atomic mass is 35.5. The van der Waals surface area contributed by atoms with Crippen molar-refractivity contribution in [3.05, 3.63) is 46.6 Å². The van der Waals surface area contributed by atoms with Gasteiger partial charge in [-0.1, -0.05) is 17.7 Å². The predicted octanol–water partition coefficient (Wildman–Crippen LogP) is 2.76. The largest absolute Gasteiger partial charge is 0.493 e. The SMILES string of the molecule is COc1ccc(CC(=O)c2cc(Cl)cnc2N)cc1OC. The van der Waals surface area contributed by atoms with Crippen molar-refractivity contribution < 1.29 is 14.3 Å². The molecule has 0 aliphatic rings. The number of ketones is 1. The minimum absolute atomic E-state index is 0.158. The third-order valence-corrected chi connectivity index (χ3v) is 3.20. The summed E-state index contributed by atoms with van der Waals surface area (Å²) in [6.07, 6.45) is 1.58. The molecule has 0 aliphatic carbocycles. The number of hydrogen-bond acceptors (Lipinski definition) is 5. The fourth-order valence-electron chi connectivity index (χ4n) is 1.94. The summed E-state index contributed by atoms with van der Waals surface area (Å²) < 4.78 is 10.4. The molecular formula is C15H15ClN2O3. The van der Waals surface area contributed by atoms with Crippen molar-refractivity contribution in [3.63, 3.8) is 0 Å². The zero-order valence-electron chi connectivity index (χ0n) is 11.7. The zero-order valence-corrected chi connectivity index (χ0v) is 12.5. The Labute approximate surface area is 127 Å². The van der Waals surface area contributed by atoms with Crippen molar-refractivity contribution in [1.29, 1.82) is 0 Å². The van der Waals surface area contributed by atoms with Crippen LogP contribution in [0.5, 0.6) is 11.5 Å². The van der Waals surface area contributed by atoms with Gasteiger partial charge in [-0.25, -0.2) is 4.98 Å². The highest BCUT2D eigenvalue weighted by molar-refractivity contribution is 6.31. The number of hydrogen-bond donors (Lipinski definition) is 1. The number of nitrogens with zero attached hydrogens (tertiary/aromatic N) is 1. The first kappa shape index (κ1) is 15.1. The average Bonchev–Trinajstić information content (AvgIpc) is 2.49. The molecule has 5 nitrogen and oxygen atoms in total. The van der Waals surface area contributed by atoms with Gasteiger partial charge in [-0.2, -0.15) is 0 Å². The zero-order chi connectivity index (χ0) is 15.4. The topological polar surface area (TPSA) is 74.4 Å². The maximum absolute atomic E-state index is 12.3. The van der Waals surface area contributed by atoms with Gasteiger partial charge < -0.3 is 15.2 Å². The molecule has 2 aromatic rings. The number of methoxy groups -OCH3 is 2. The lowest BCUT2D eigenvalue weighted by molar-refractivity contribution is 0.0993. The monoisotopic (exact) mass is 306 g/mol. The molecule has 0 fully saturated rings. The number of carbonyl (C=O) groups is 1. The van der Waals surface area contributed by atoms with Gasteiger partial charge in [0.15, 0.2) is 17.3 Å². The lowest BCUT2D eigenvalue weighted by Gasteiger charge is -2.10. The molecule has 0 aliphatic heterocycles. The summed E-state index contributed by atoms with van der Waals surface area (Å²) in [5, 5.41) is 0.375. The van der Waals surface area contributed by atoms with Crippen molar-refractivity contribution in [3.8, 4) is 11.5 Å². The van der Waals surface area contributed by atoms with Crippen molar-refractivity contribution in [2.24, 2.45) is 0 Å². The van der Waals surface area contributed by atoms with E-state index in [0.29, 0.717) is 22.1 Å². The van der Waals surface area contributed by atoms with E-state index < -0.39 is 0 Å². The van der Waals surface area contributed by atoms with Crippen LogP contribution in [0, 0.1) is 0 Å². The summed E-state index contributed by atoms with van der Waals surface area (Å²) in [5.41, 5.74) is 6.82. The molecule has 0 saturated heterocycles. The molecular weight excluding hydrogens is 292 g/mol. The number of carbonyl (C=O) groups excluding carboxylic acids is 1. The number of nitrogen functional groups attached to an aromatic ring is 1. The number of anilines is 1. The Morgan fingerprint density at radius 3 is 2.62 bits per heavy atom. The molecule has 2 N–H and O–H groups in total.